The minimum Gasteiger partial charge on any atom is -0.390 e. The Labute approximate surface area is 216 Å². The standard InChI is InChI=1S/C30H37FN2O4/c1-27-8-10-29(31)14-21-25(35)26(36)22(33(2)3)15-28(21)9-11-30(29,37-28)23(27)7-6-20(27)18-5-4-17-13-24(34)32-16-19(17)12-18/h4-6,12-13,16,21-23,25-26,35-36H,7-11,14-15H2,1-3H3,(H,32,34). The molecule has 0 radical (unpaired) electrons. The molecule has 37 heavy (non-hydrogen) atoms. The van der Waals surface area contributed by atoms with Crippen molar-refractivity contribution >= 4 is 16.3 Å². The molecule has 1 aromatic carbocycles. The third-order valence-corrected chi connectivity index (χ3v) is 11.3. The summed E-state index contributed by atoms with van der Waals surface area (Å²) < 4.78 is 24.3. The van der Waals surface area contributed by atoms with E-state index in [0.717, 1.165) is 29.2 Å². The lowest BCUT2D eigenvalue weighted by Gasteiger charge is -2.64. The SMILES string of the molecule is CN(C)C1CC23CCC4(O2)C2CC=C(c5ccc6cc(=O)[nH]cc6c5)C2(C)CCC4(F)CC3C(O)C1O. The third-order valence-electron chi connectivity index (χ3n) is 11.3. The number of aliphatic hydroxyl groups is 2. The molecule has 1 aromatic heterocycles. The van der Waals surface area contributed by atoms with Crippen LogP contribution in [0.3, 0.4) is 0 Å². The number of allylic oxidation sites excluding steroid dienone is 2. The molecule has 2 saturated heterocycles. The van der Waals surface area contributed by atoms with Crippen LogP contribution in [0.5, 0.6) is 0 Å². The first-order valence-electron chi connectivity index (χ1n) is 13.8. The average molecular weight is 509 g/mol. The molecule has 3 aliphatic carbocycles. The van der Waals surface area contributed by atoms with Crippen LogP contribution in [0, 0.1) is 17.3 Å². The number of rotatable bonds is 2. The molecule has 3 N–H and O–H groups in total. The molecule has 4 fully saturated rings. The Morgan fingerprint density at radius 1 is 1.05 bits per heavy atom. The van der Waals surface area contributed by atoms with Gasteiger partial charge in [-0.15, -0.1) is 0 Å². The van der Waals surface area contributed by atoms with Gasteiger partial charge in [0.25, 0.3) is 0 Å². The number of likely N-dealkylation sites (N-methyl/N-ethyl adjacent to an activating group) is 1. The van der Waals surface area contributed by atoms with Gasteiger partial charge in [0.05, 0.1) is 17.8 Å². The molecule has 5 aliphatic rings. The Morgan fingerprint density at radius 2 is 1.86 bits per heavy atom. The molecular weight excluding hydrogens is 471 g/mol. The van der Waals surface area contributed by atoms with Gasteiger partial charge in [-0.1, -0.05) is 25.1 Å². The third kappa shape index (κ3) is 2.97. The number of ether oxygens (including phenoxy) is 1. The van der Waals surface area contributed by atoms with Crippen LogP contribution in [0.4, 0.5) is 4.39 Å². The molecule has 2 saturated carbocycles. The molecule has 9 unspecified atom stereocenters. The van der Waals surface area contributed by atoms with Crippen molar-refractivity contribution in [3.63, 3.8) is 0 Å². The number of nitrogens with zero attached hydrogens (tertiary/aromatic N) is 1. The second-order valence-electron chi connectivity index (χ2n) is 13.0. The van der Waals surface area contributed by atoms with Gasteiger partial charge >= 0.3 is 0 Å². The number of pyridine rings is 1. The first kappa shape index (κ1) is 24.0. The molecule has 0 amide bonds. The molecule has 3 heterocycles. The number of halogens is 1. The normalized spacial score (nSPS) is 46.5. The van der Waals surface area contributed by atoms with Crippen LogP contribution in [0.1, 0.15) is 57.4 Å². The summed E-state index contributed by atoms with van der Waals surface area (Å²) in [6, 6.07) is 7.62. The number of hydrogen-bond donors (Lipinski definition) is 3. The Bertz CT molecular complexity index is 1370. The lowest BCUT2D eigenvalue weighted by Crippen LogP contribution is -2.72. The van der Waals surface area contributed by atoms with E-state index in [1.807, 2.05) is 25.1 Å². The van der Waals surface area contributed by atoms with Crippen molar-refractivity contribution in [2.45, 2.75) is 87.0 Å². The zero-order valence-electron chi connectivity index (χ0n) is 21.8. The summed E-state index contributed by atoms with van der Waals surface area (Å²) in [6.45, 7) is 2.28. The van der Waals surface area contributed by atoms with Crippen molar-refractivity contribution in [1.82, 2.24) is 9.88 Å². The van der Waals surface area contributed by atoms with Gasteiger partial charge in [-0.25, -0.2) is 4.39 Å². The number of aromatic amines is 1. The van der Waals surface area contributed by atoms with Gasteiger partial charge in [0.15, 0.2) is 0 Å². The Balaban J connectivity index is 1.27. The van der Waals surface area contributed by atoms with E-state index in [1.54, 1.807) is 12.3 Å². The maximum Gasteiger partial charge on any atom is 0.248 e. The second kappa shape index (κ2) is 7.53. The quantitative estimate of drug-likeness (QED) is 0.575. The highest BCUT2D eigenvalue weighted by Gasteiger charge is 2.77. The second-order valence-corrected chi connectivity index (χ2v) is 13.0. The van der Waals surface area contributed by atoms with Gasteiger partial charge in [0.2, 0.25) is 5.56 Å². The highest BCUT2D eigenvalue weighted by molar-refractivity contribution is 5.87. The minimum atomic E-state index is -1.51. The zero-order valence-corrected chi connectivity index (χ0v) is 21.8. The number of aromatic nitrogens is 1. The van der Waals surface area contributed by atoms with Crippen molar-refractivity contribution in [2.75, 3.05) is 14.1 Å². The molecule has 2 aromatic rings. The lowest BCUT2D eigenvalue weighted by molar-refractivity contribution is -0.314. The van der Waals surface area contributed by atoms with Crippen molar-refractivity contribution < 1.29 is 19.3 Å². The Morgan fingerprint density at radius 3 is 2.65 bits per heavy atom. The summed E-state index contributed by atoms with van der Waals surface area (Å²) in [5, 5.41) is 24.0. The summed E-state index contributed by atoms with van der Waals surface area (Å²) >= 11 is 0. The summed E-state index contributed by atoms with van der Waals surface area (Å²) in [7, 11) is 3.85. The largest absolute Gasteiger partial charge is 0.390 e. The van der Waals surface area contributed by atoms with Crippen LogP contribution in [0.25, 0.3) is 16.3 Å². The van der Waals surface area contributed by atoms with Crippen LogP contribution in [0.2, 0.25) is 0 Å². The molecule has 7 heteroatoms. The van der Waals surface area contributed by atoms with E-state index < -0.39 is 29.1 Å². The predicted octanol–water partition coefficient (Wildman–Crippen LogP) is 3.80. The van der Waals surface area contributed by atoms with Gasteiger partial charge in [-0.3, -0.25) is 4.79 Å². The maximum atomic E-state index is 17.2. The van der Waals surface area contributed by atoms with Crippen LogP contribution >= 0.6 is 0 Å². The smallest absolute Gasteiger partial charge is 0.248 e. The number of fused-ring (bicyclic) bond motifs is 2. The number of aliphatic hydroxyl groups excluding tert-OH is 2. The van der Waals surface area contributed by atoms with Crippen molar-refractivity contribution in [2.24, 2.45) is 17.3 Å². The van der Waals surface area contributed by atoms with Crippen LogP contribution in [0.15, 0.2) is 41.3 Å². The number of H-pyrrole nitrogens is 1. The molecule has 198 valence electrons. The van der Waals surface area contributed by atoms with E-state index >= 15 is 4.39 Å². The summed E-state index contributed by atoms with van der Waals surface area (Å²) in [6.07, 6.45) is 6.30. The zero-order chi connectivity index (χ0) is 26.0. The average Bonchev–Trinajstić information content (AvgIpc) is 3.39. The minimum absolute atomic E-state index is 0.0159. The summed E-state index contributed by atoms with van der Waals surface area (Å²) in [4.78, 5) is 16.5. The molecule has 9 atom stereocenters. The summed E-state index contributed by atoms with van der Waals surface area (Å²) in [5.41, 5.74) is -0.958. The molecule has 7 rings (SSSR count). The van der Waals surface area contributed by atoms with E-state index in [1.165, 1.54) is 5.57 Å². The van der Waals surface area contributed by atoms with Gasteiger partial charge in [-0.2, -0.15) is 0 Å². The number of nitrogens with one attached hydrogen (secondary N) is 1. The topological polar surface area (TPSA) is 85.8 Å². The lowest BCUT2D eigenvalue weighted by atomic mass is 9.51. The molecule has 6 nitrogen and oxygen atoms in total. The monoisotopic (exact) mass is 508 g/mol. The fourth-order valence-corrected chi connectivity index (χ4v) is 9.34. The van der Waals surface area contributed by atoms with Crippen LogP contribution in [-0.2, 0) is 4.74 Å². The van der Waals surface area contributed by atoms with Gasteiger partial charge < -0.3 is 24.8 Å². The number of alkyl halides is 1. The van der Waals surface area contributed by atoms with Crippen molar-refractivity contribution in [3.8, 4) is 0 Å². The first-order chi connectivity index (χ1) is 17.5. The highest BCUT2D eigenvalue weighted by atomic mass is 19.1. The van der Waals surface area contributed by atoms with Crippen molar-refractivity contribution in [3.05, 3.63) is 52.5 Å². The molecule has 2 spiro atoms. The predicted molar refractivity (Wildman–Crippen MR) is 140 cm³/mol. The molecule has 2 bridgehead atoms. The fraction of sp³-hybridized carbons (Fsp3) is 0.633. The van der Waals surface area contributed by atoms with Gasteiger partial charge in [-0.05, 0) is 92.4 Å². The van der Waals surface area contributed by atoms with E-state index in [-0.39, 0.29) is 35.3 Å². The fourth-order valence-electron chi connectivity index (χ4n) is 9.34. The highest BCUT2D eigenvalue weighted by Crippen LogP contribution is 2.72. The maximum absolute atomic E-state index is 17.2. The van der Waals surface area contributed by atoms with E-state index in [2.05, 4.69) is 30.1 Å². The number of hydrogen-bond acceptors (Lipinski definition) is 5. The van der Waals surface area contributed by atoms with Gasteiger partial charge in [0, 0.05) is 30.1 Å². The Kier molecular flexibility index (Phi) is 4.89. The Hall–Kier alpha value is -2.06. The first-order valence-corrected chi connectivity index (χ1v) is 13.8. The summed E-state index contributed by atoms with van der Waals surface area (Å²) in [5.74, 6) is -0.373. The molecular formula is C30H37FN2O4. The number of benzene rings is 1. The van der Waals surface area contributed by atoms with Crippen LogP contribution in [-0.4, -0.2) is 69.3 Å². The van der Waals surface area contributed by atoms with Crippen molar-refractivity contribution in [1.29, 1.82) is 0 Å². The van der Waals surface area contributed by atoms with Gasteiger partial charge in [0.1, 0.15) is 11.3 Å². The van der Waals surface area contributed by atoms with E-state index in [9.17, 15) is 15.0 Å². The van der Waals surface area contributed by atoms with Crippen LogP contribution < -0.4 is 5.56 Å². The molecule has 2 aliphatic heterocycles. The van der Waals surface area contributed by atoms with E-state index in [0.29, 0.717) is 25.7 Å². The van der Waals surface area contributed by atoms with E-state index in [4.69, 9.17) is 4.74 Å².